The Hall–Kier alpha value is -3.00. The summed E-state index contributed by atoms with van der Waals surface area (Å²) in [5, 5.41) is 12.4. The molecule has 26 heavy (non-hydrogen) atoms. The van der Waals surface area contributed by atoms with Gasteiger partial charge in [-0.15, -0.1) is 10.2 Å². The average Bonchev–Trinajstić information content (AvgIpc) is 3.31. The highest BCUT2D eigenvalue weighted by molar-refractivity contribution is 7.98. The highest BCUT2D eigenvalue weighted by atomic mass is 32.2. The van der Waals surface area contributed by atoms with Gasteiger partial charge < -0.3 is 8.94 Å². The molecule has 0 unspecified atom stereocenters. The number of aromatic nitrogens is 4. The van der Waals surface area contributed by atoms with Gasteiger partial charge in [-0.1, -0.05) is 47.3 Å². The molecule has 130 valence electrons. The van der Waals surface area contributed by atoms with Crippen LogP contribution in [0, 0.1) is 5.82 Å². The minimum atomic E-state index is -0.310. The Morgan fingerprint density at radius 1 is 0.923 bits per heavy atom. The normalized spacial score (nSPS) is 11.0. The molecule has 2 aromatic carbocycles. The lowest BCUT2D eigenvalue weighted by Gasteiger charge is -1.95. The number of halogens is 1. The molecule has 2 aromatic heterocycles. The number of rotatable bonds is 6. The van der Waals surface area contributed by atoms with Gasteiger partial charge in [-0.05, 0) is 29.8 Å². The van der Waals surface area contributed by atoms with Crippen molar-refractivity contribution < 1.29 is 13.3 Å². The number of nitrogens with zero attached hydrogens (tertiary/aromatic N) is 4. The van der Waals surface area contributed by atoms with Crippen LogP contribution in [0.15, 0.2) is 68.8 Å². The lowest BCUT2D eigenvalue weighted by molar-refractivity contribution is 0.389. The van der Waals surface area contributed by atoms with E-state index < -0.39 is 0 Å². The van der Waals surface area contributed by atoms with Gasteiger partial charge in [-0.3, -0.25) is 0 Å². The number of benzene rings is 2. The van der Waals surface area contributed by atoms with E-state index in [4.69, 9.17) is 8.94 Å². The largest absolute Gasteiger partial charge is 0.416 e. The Morgan fingerprint density at radius 2 is 1.73 bits per heavy atom. The highest BCUT2D eigenvalue weighted by Crippen LogP contribution is 2.23. The maximum Gasteiger partial charge on any atom is 0.277 e. The second kappa shape index (κ2) is 7.49. The summed E-state index contributed by atoms with van der Waals surface area (Å²) in [6.45, 7) is 0. The number of thioether (sulfide) groups is 1. The molecule has 4 aromatic rings. The third-order valence-electron chi connectivity index (χ3n) is 3.54. The standard InChI is InChI=1S/C18H13FN4O2S/c19-14-8-6-13(7-9-14)17-20-16(25-23-17)11-26-18-22-21-15(24-18)10-12-4-2-1-3-5-12/h1-9H,10-11H2. The zero-order chi connectivity index (χ0) is 17.8. The zero-order valence-electron chi connectivity index (χ0n) is 13.5. The molecule has 0 aliphatic rings. The number of hydrogen-bond acceptors (Lipinski definition) is 7. The Labute approximate surface area is 152 Å². The summed E-state index contributed by atoms with van der Waals surface area (Å²) in [5.74, 6) is 1.49. The maximum absolute atomic E-state index is 13.0. The Bertz CT molecular complexity index is 986. The minimum Gasteiger partial charge on any atom is -0.416 e. The van der Waals surface area contributed by atoms with Gasteiger partial charge in [0.05, 0.1) is 12.2 Å². The van der Waals surface area contributed by atoms with Gasteiger partial charge in [0.25, 0.3) is 5.22 Å². The molecule has 0 radical (unpaired) electrons. The van der Waals surface area contributed by atoms with Crippen LogP contribution in [-0.2, 0) is 12.2 Å². The van der Waals surface area contributed by atoms with Gasteiger partial charge >= 0.3 is 0 Å². The third kappa shape index (κ3) is 3.97. The summed E-state index contributed by atoms with van der Waals surface area (Å²) in [4.78, 5) is 4.29. The van der Waals surface area contributed by atoms with Crippen LogP contribution >= 0.6 is 11.8 Å². The first-order valence-electron chi connectivity index (χ1n) is 7.84. The van der Waals surface area contributed by atoms with E-state index in [1.54, 1.807) is 12.1 Å². The first-order chi connectivity index (χ1) is 12.8. The molecular weight excluding hydrogens is 355 g/mol. The van der Waals surface area contributed by atoms with Crippen LogP contribution in [0.5, 0.6) is 0 Å². The molecular formula is C18H13FN4O2S. The topological polar surface area (TPSA) is 77.8 Å². The van der Waals surface area contributed by atoms with Crippen molar-refractivity contribution >= 4 is 11.8 Å². The van der Waals surface area contributed by atoms with Crippen LogP contribution in [0.4, 0.5) is 4.39 Å². The first kappa shape index (κ1) is 16.5. The summed E-state index contributed by atoms with van der Waals surface area (Å²) in [5.41, 5.74) is 1.79. The van der Waals surface area contributed by atoms with E-state index in [-0.39, 0.29) is 5.82 Å². The van der Waals surface area contributed by atoms with E-state index in [9.17, 15) is 4.39 Å². The highest BCUT2D eigenvalue weighted by Gasteiger charge is 2.12. The Morgan fingerprint density at radius 3 is 2.54 bits per heavy atom. The molecule has 0 N–H and O–H groups in total. The van der Waals surface area contributed by atoms with Crippen molar-refractivity contribution in [2.24, 2.45) is 0 Å². The predicted octanol–water partition coefficient (Wildman–Crippen LogP) is 4.14. The van der Waals surface area contributed by atoms with Crippen LogP contribution in [0.2, 0.25) is 0 Å². The Kier molecular flexibility index (Phi) is 4.74. The fraction of sp³-hybridized carbons (Fsp3) is 0.111. The Balaban J connectivity index is 1.37. The quantitative estimate of drug-likeness (QED) is 0.473. The van der Waals surface area contributed by atoms with Crippen LogP contribution in [0.25, 0.3) is 11.4 Å². The van der Waals surface area contributed by atoms with Crippen molar-refractivity contribution in [1.29, 1.82) is 0 Å². The van der Waals surface area contributed by atoms with Crippen LogP contribution in [0.3, 0.4) is 0 Å². The van der Waals surface area contributed by atoms with Crippen molar-refractivity contribution in [2.45, 2.75) is 17.4 Å². The van der Waals surface area contributed by atoms with Crippen LogP contribution in [0.1, 0.15) is 17.3 Å². The van der Waals surface area contributed by atoms with Gasteiger partial charge in [0.1, 0.15) is 5.82 Å². The molecule has 4 rings (SSSR count). The van der Waals surface area contributed by atoms with Gasteiger partial charge in [0.15, 0.2) is 0 Å². The fourth-order valence-corrected chi connectivity index (χ4v) is 2.91. The molecule has 0 saturated heterocycles. The first-order valence-corrected chi connectivity index (χ1v) is 8.82. The molecule has 2 heterocycles. The summed E-state index contributed by atoms with van der Waals surface area (Å²) < 4.78 is 23.8. The fourth-order valence-electron chi connectivity index (χ4n) is 2.29. The zero-order valence-corrected chi connectivity index (χ0v) is 14.3. The number of hydrogen-bond donors (Lipinski definition) is 0. The van der Waals surface area contributed by atoms with E-state index in [1.807, 2.05) is 30.3 Å². The molecule has 0 spiro atoms. The summed E-state index contributed by atoms with van der Waals surface area (Å²) >= 11 is 1.32. The molecule has 0 aliphatic carbocycles. The van der Waals surface area contributed by atoms with Crippen molar-refractivity contribution in [3.8, 4) is 11.4 Å². The SMILES string of the molecule is Fc1ccc(-c2noc(CSc3nnc(Cc4ccccc4)o3)n2)cc1. The lowest BCUT2D eigenvalue weighted by atomic mass is 10.2. The molecule has 0 fully saturated rings. The second-order valence-corrected chi connectivity index (χ2v) is 6.36. The predicted molar refractivity (Wildman–Crippen MR) is 92.8 cm³/mol. The monoisotopic (exact) mass is 368 g/mol. The summed E-state index contributed by atoms with van der Waals surface area (Å²) in [6.07, 6.45) is 0.587. The smallest absolute Gasteiger partial charge is 0.277 e. The molecule has 8 heteroatoms. The van der Waals surface area contributed by atoms with E-state index in [1.165, 1.54) is 23.9 Å². The molecule has 6 nitrogen and oxygen atoms in total. The van der Waals surface area contributed by atoms with Gasteiger partial charge in [0.2, 0.25) is 17.6 Å². The molecule has 0 atom stereocenters. The second-order valence-electron chi connectivity index (χ2n) is 5.43. The van der Waals surface area contributed by atoms with Crippen LogP contribution in [-0.4, -0.2) is 20.3 Å². The van der Waals surface area contributed by atoms with Gasteiger partial charge in [-0.25, -0.2) is 4.39 Å². The third-order valence-corrected chi connectivity index (χ3v) is 4.34. The van der Waals surface area contributed by atoms with Crippen molar-refractivity contribution in [2.75, 3.05) is 0 Å². The molecule has 0 aliphatic heterocycles. The van der Waals surface area contributed by atoms with E-state index in [0.29, 0.717) is 40.6 Å². The molecule has 0 amide bonds. The van der Waals surface area contributed by atoms with Gasteiger partial charge in [-0.2, -0.15) is 4.98 Å². The minimum absolute atomic E-state index is 0.310. The molecule has 0 saturated carbocycles. The van der Waals surface area contributed by atoms with Gasteiger partial charge in [0, 0.05) is 5.56 Å². The maximum atomic E-state index is 13.0. The van der Waals surface area contributed by atoms with E-state index in [2.05, 4.69) is 20.3 Å². The van der Waals surface area contributed by atoms with Crippen molar-refractivity contribution in [1.82, 2.24) is 20.3 Å². The summed E-state index contributed by atoms with van der Waals surface area (Å²) in [6, 6.07) is 15.8. The molecule has 0 bridgehead atoms. The average molecular weight is 368 g/mol. The van der Waals surface area contributed by atoms with Crippen molar-refractivity contribution in [3.05, 3.63) is 77.8 Å². The lowest BCUT2D eigenvalue weighted by Crippen LogP contribution is -1.87. The van der Waals surface area contributed by atoms with Crippen LogP contribution < -0.4 is 0 Å². The summed E-state index contributed by atoms with van der Waals surface area (Å²) in [7, 11) is 0. The van der Waals surface area contributed by atoms with Crippen molar-refractivity contribution in [3.63, 3.8) is 0 Å². The van der Waals surface area contributed by atoms with E-state index in [0.717, 1.165) is 5.56 Å². The van der Waals surface area contributed by atoms with E-state index >= 15 is 0 Å².